The third-order valence-electron chi connectivity index (χ3n) is 7.14. The number of carbonyl (C=O) groups excluding carboxylic acids is 2. The molecule has 4 unspecified atom stereocenters. The van der Waals surface area contributed by atoms with Crippen molar-refractivity contribution in [3.63, 3.8) is 0 Å². The average molecular weight is 316 g/mol. The summed E-state index contributed by atoms with van der Waals surface area (Å²) < 4.78 is 5.98. The molecule has 0 N–H and O–H groups in total. The van der Waals surface area contributed by atoms with Crippen LogP contribution in [0, 0.1) is 35.5 Å². The Balaban J connectivity index is 1.36. The maximum atomic E-state index is 12.7. The van der Waals surface area contributed by atoms with Crippen molar-refractivity contribution in [2.24, 2.45) is 35.5 Å². The van der Waals surface area contributed by atoms with Crippen molar-refractivity contribution in [1.82, 2.24) is 0 Å². The van der Waals surface area contributed by atoms with E-state index < -0.39 is 5.60 Å². The van der Waals surface area contributed by atoms with Gasteiger partial charge in [-0.3, -0.25) is 9.59 Å². The molecular weight excluding hydrogens is 288 g/mol. The molecule has 2 bridgehead atoms. The van der Waals surface area contributed by atoms with Crippen molar-refractivity contribution >= 4 is 11.8 Å². The number of rotatable bonds is 3. The summed E-state index contributed by atoms with van der Waals surface area (Å²) in [4.78, 5) is 24.2. The molecule has 0 saturated heterocycles. The Kier molecular flexibility index (Phi) is 3.66. The summed E-state index contributed by atoms with van der Waals surface area (Å²) in [7, 11) is 0. The fourth-order valence-electron chi connectivity index (χ4n) is 5.73. The van der Waals surface area contributed by atoms with Crippen LogP contribution in [0.2, 0.25) is 0 Å². The maximum Gasteiger partial charge on any atom is 0.309 e. The Morgan fingerprint density at radius 1 is 1.04 bits per heavy atom. The Hall–Kier alpha value is -1.12. The summed E-state index contributed by atoms with van der Waals surface area (Å²) in [5.74, 6) is 3.68. The minimum Gasteiger partial charge on any atom is -0.459 e. The lowest BCUT2D eigenvalue weighted by Gasteiger charge is -2.36. The van der Waals surface area contributed by atoms with Gasteiger partial charge < -0.3 is 4.74 Å². The quantitative estimate of drug-likeness (QED) is 0.585. The molecule has 0 spiro atoms. The normalized spacial score (nSPS) is 39.7. The minimum atomic E-state index is -0.438. The van der Waals surface area contributed by atoms with E-state index in [1.54, 1.807) is 0 Å². The highest BCUT2D eigenvalue weighted by Gasteiger charge is 2.52. The smallest absolute Gasteiger partial charge is 0.309 e. The van der Waals surface area contributed by atoms with Gasteiger partial charge in [-0.05, 0) is 75.5 Å². The van der Waals surface area contributed by atoms with Gasteiger partial charge in [-0.15, -0.1) is 0 Å². The highest BCUT2D eigenvalue weighted by Crippen LogP contribution is 2.57. The largest absolute Gasteiger partial charge is 0.459 e. The van der Waals surface area contributed by atoms with E-state index >= 15 is 0 Å². The van der Waals surface area contributed by atoms with Crippen molar-refractivity contribution in [3.05, 3.63) is 12.2 Å². The van der Waals surface area contributed by atoms with E-state index in [2.05, 4.69) is 12.2 Å². The first kappa shape index (κ1) is 15.4. The van der Waals surface area contributed by atoms with E-state index in [1.165, 1.54) is 6.42 Å². The number of esters is 1. The molecule has 0 amide bonds. The lowest BCUT2D eigenvalue weighted by molar-refractivity contribution is -0.168. The van der Waals surface area contributed by atoms with Crippen LogP contribution in [0.4, 0.5) is 0 Å². The van der Waals surface area contributed by atoms with Crippen molar-refractivity contribution in [2.75, 3.05) is 0 Å². The average Bonchev–Trinajstić information content (AvgIpc) is 3.20. The predicted molar refractivity (Wildman–Crippen MR) is 87.6 cm³/mol. The number of Topliss-reactive ketones (excluding diaryl/α,β-unsaturated/α-hetero) is 1. The Morgan fingerprint density at radius 3 is 2.17 bits per heavy atom. The summed E-state index contributed by atoms with van der Waals surface area (Å²) >= 11 is 0. The van der Waals surface area contributed by atoms with E-state index in [0.29, 0.717) is 24.5 Å². The second-order valence-corrected chi connectivity index (χ2v) is 8.78. The van der Waals surface area contributed by atoms with Gasteiger partial charge in [0.1, 0.15) is 11.4 Å². The second-order valence-electron chi connectivity index (χ2n) is 8.78. The zero-order valence-corrected chi connectivity index (χ0v) is 14.3. The molecule has 23 heavy (non-hydrogen) atoms. The fraction of sp³-hybridized carbons (Fsp3) is 0.800. The molecule has 0 radical (unpaired) electrons. The van der Waals surface area contributed by atoms with Crippen molar-refractivity contribution in [3.8, 4) is 0 Å². The highest BCUT2D eigenvalue weighted by atomic mass is 16.6. The van der Waals surface area contributed by atoms with E-state index in [1.807, 2.05) is 13.8 Å². The molecule has 126 valence electrons. The van der Waals surface area contributed by atoms with Crippen LogP contribution in [0.1, 0.15) is 58.8 Å². The number of carbonyl (C=O) groups is 2. The van der Waals surface area contributed by atoms with E-state index in [4.69, 9.17) is 4.74 Å². The molecule has 3 nitrogen and oxygen atoms in total. The number of ketones is 1. The molecule has 3 fully saturated rings. The predicted octanol–water partition coefficient (Wildman–Crippen LogP) is 3.92. The van der Waals surface area contributed by atoms with Crippen molar-refractivity contribution in [1.29, 1.82) is 0 Å². The lowest BCUT2D eigenvalue weighted by Crippen LogP contribution is -2.40. The van der Waals surface area contributed by atoms with Gasteiger partial charge in [0.2, 0.25) is 0 Å². The zero-order chi connectivity index (χ0) is 16.2. The molecule has 0 aromatic heterocycles. The summed E-state index contributed by atoms with van der Waals surface area (Å²) in [6, 6.07) is 0. The van der Waals surface area contributed by atoms with Crippen LogP contribution in [0.15, 0.2) is 12.2 Å². The molecule has 3 saturated carbocycles. The van der Waals surface area contributed by atoms with E-state index in [-0.39, 0.29) is 11.9 Å². The molecule has 0 heterocycles. The topological polar surface area (TPSA) is 43.4 Å². The molecule has 4 rings (SSSR count). The molecule has 4 aliphatic carbocycles. The van der Waals surface area contributed by atoms with Gasteiger partial charge in [0.05, 0.1) is 5.92 Å². The minimum absolute atomic E-state index is 0.0145. The lowest BCUT2D eigenvalue weighted by atomic mass is 9.78. The van der Waals surface area contributed by atoms with Crippen LogP contribution in [0.3, 0.4) is 0 Å². The maximum absolute atomic E-state index is 12.7. The van der Waals surface area contributed by atoms with Gasteiger partial charge in [0.25, 0.3) is 0 Å². The third kappa shape index (κ3) is 2.66. The van der Waals surface area contributed by atoms with E-state index in [9.17, 15) is 9.59 Å². The summed E-state index contributed by atoms with van der Waals surface area (Å²) in [6.07, 6.45) is 11.1. The SMILES string of the molecule is CC(C)(OC(=O)C1CC2C3C=CC(C3)C2C1)C1CCC(=O)CC1. The molecule has 0 aromatic rings. The number of ether oxygens (including phenoxy) is 1. The summed E-state index contributed by atoms with van der Waals surface area (Å²) in [5.41, 5.74) is -0.438. The van der Waals surface area contributed by atoms with Gasteiger partial charge in [-0.1, -0.05) is 12.2 Å². The fourth-order valence-corrected chi connectivity index (χ4v) is 5.73. The first-order valence-corrected chi connectivity index (χ1v) is 9.37. The molecule has 4 aliphatic rings. The monoisotopic (exact) mass is 316 g/mol. The highest BCUT2D eigenvalue weighted by molar-refractivity contribution is 5.79. The second kappa shape index (κ2) is 5.46. The molecule has 0 aliphatic heterocycles. The van der Waals surface area contributed by atoms with Gasteiger partial charge in [-0.25, -0.2) is 0 Å². The van der Waals surface area contributed by atoms with Crippen molar-refractivity contribution in [2.45, 2.75) is 64.4 Å². The third-order valence-corrected chi connectivity index (χ3v) is 7.14. The van der Waals surface area contributed by atoms with Gasteiger partial charge in [0.15, 0.2) is 0 Å². The first-order chi connectivity index (χ1) is 10.9. The van der Waals surface area contributed by atoms with Gasteiger partial charge in [-0.2, -0.15) is 0 Å². The Labute approximate surface area is 138 Å². The van der Waals surface area contributed by atoms with Crippen LogP contribution in [-0.4, -0.2) is 17.4 Å². The molecular formula is C20H28O3. The Morgan fingerprint density at radius 2 is 1.61 bits per heavy atom. The van der Waals surface area contributed by atoms with Crippen LogP contribution in [0.25, 0.3) is 0 Å². The van der Waals surface area contributed by atoms with Gasteiger partial charge in [0, 0.05) is 12.8 Å². The number of allylic oxidation sites excluding steroid dienone is 2. The standard InChI is InChI=1S/C20H28O3/c1-20(2,15-5-7-16(21)8-6-15)23-19(22)14-10-17-12-3-4-13(9-12)18(17)11-14/h3-4,12-15,17-18H,5-11H2,1-2H3. The molecule has 4 atom stereocenters. The molecule has 3 heteroatoms. The van der Waals surface area contributed by atoms with Gasteiger partial charge >= 0.3 is 5.97 Å². The number of hydrogen-bond donors (Lipinski definition) is 0. The van der Waals surface area contributed by atoms with Crippen LogP contribution in [0.5, 0.6) is 0 Å². The zero-order valence-electron chi connectivity index (χ0n) is 14.3. The molecule has 0 aromatic carbocycles. The summed E-state index contributed by atoms with van der Waals surface area (Å²) in [6.45, 7) is 4.07. The Bertz CT molecular complexity index is 517. The summed E-state index contributed by atoms with van der Waals surface area (Å²) in [5, 5.41) is 0. The van der Waals surface area contributed by atoms with E-state index in [0.717, 1.165) is 49.4 Å². The van der Waals surface area contributed by atoms with Crippen LogP contribution < -0.4 is 0 Å². The first-order valence-electron chi connectivity index (χ1n) is 9.37. The van der Waals surface area contributed by atoms with Crippen LogP contribution >= 0.6 is 0 Å². The number of fused-ring (bicyclic) bond motifs is 5. The van der Waals surface area contributed by atoms with Crippen molar-refractivity contribution < 1.29 is 14.3 Å². The van der Waals surface area contributed by atoms with Crippen LogP contribution in [-0.2, 0) is 14.3 Å². The number of hydrogen-bond acceptors (Lipinski definition) is 3.